The molecule has 7 nitrogen and oxygen atoms in total. The molecule has 0 aliphatic carbocycles. The lowest BCUT2D eigenvalue weighted by Crippen LogP contribution is -2.41. The Kier molecular flexibility index (Phi) is 6.07. The number of nitrogens with one attached hydrogen (secondary N) is 1. The van der Waals surface area contributed by atoms with Crippen LogP contribution in [-0.2, 0) is 4.74 Å². The predicted molar refractivity (Wildman–Crippen MR) is 112 cm³/mol. The predicted octanol–water partition coefficient (Wildman–Crippen LogP) is 2.49. The Morgan fingerprint density at radius 3 is 2.86 bits per heavy atom. The second-order valence-electron chi connectivity index (χ2n) is 6.93. The minimum absolute atomic E-state index is 0.0792. The number of hydrogen-bond acceptors (Lipinski definition) is 5. The minimum atomic E-state index is -0.0792. The molecule has 0 saturated carbocycles. The summed E-state index contributed by atoms with van der Waals surface area (Å²) in [4.78, 5) is 19.3. The zero-order chi connectivity index (χ0) is 20.1. The number of aromatic nitrogens is 2. The van der Waals surface area contributed by atoms with Crippen LogP contribution >= 0.6 is 0 Å². The second kappa shape index (κ2) is 9.07. The van der Waals surface area contributed by atoms with Gasteiger partial charge in [0.05, 0.1) is 36.5 Å². The van der Waals surface area contributed by atoms with Gasteiger partial charge in [-0.05, 0) is 37.3 Å². The Balaban J connectivity index is 1.47. The summed E-state index contributed by atoms with van der Waals surface area (Å²) in [6.45, 7) is 7.38. The monoisotopic (exact) mass is 394 g/mol. The molecule has 152 valence electrons. The zero-order valence-corrected chi connectivity index (χ0v) is 16.6. The molecule has 0 bridgehead atoms. The topological polar surface area (TPSA) is 68.6 Å². The lowest BCUT2D eigenvalue weighted by atomic mass is 10.2. The van der Waals surface area contributed by atoms with Gasteiger partial charge in [0.25, 0.3) is 5.91 Å². The van der Waals surface area contributed by atoms with E-state index in [2.05, 4.69) is 15.2 Å². The smallest absolute Gasteiger partial charge is 0.251 e. The van der Waals surface area contributed by atoms with Gasteiger partial charge in [-0.1, -0.05) is 12.1 Å². The van der Waals surface area contributed by atoms with Gasteiger partial charge in [-0.15, -0.1) is 0 Å². The van der Waals surface area contributed by atoms with Gasteiger partial charge < -0.3 is 14.8 Å². The molecule has 4 rings (SSSR count). The van der Waals surface area contributed by atoms with E-state index in [4.69, 9.17) is 9.47 Å². The van der Waals surface area contributed by atoms with Gasteiger partial charge in [0.15, 0.2) is 0 Å². The maximum absolute atomic E-state index is 12.5. The summed E-state index contributed by atoms with van der Waals surface area (Å²) >= 11 is 0. The highest BCUT2D eigenvalue weighted by atomic mass is 16.5. The first-order valence-electron chi connectivity index (χ1n) is 10.0. The number of fused-ring (bicyclic) bond motifs is 1. The first-order valence-corrected chi connectivity index (χ1v) is 10.0. The van der Waals surface area contributed by atoms with Crippen LogP contribution in [0.3, 0.4) is 0 Å². The van der Waals surface area contributed by atoms with Crippen molar-refractivity contribution in [2.75, 3.05) is 46.0 Å². The standard InChI is InChI=1S/C22H26N4O3/c1-2-29-21-6-4-3-5-20(21)26-16-24-18-15-17(7-8-19(18)26)22(27)23-9-10-25-11-13-28-14-12-25/h3-8,15-16H,2,9-14H2,1H3,(H,23,27). The zero-order valence-electron chi connectivity index (χ0n) is 16.6. The van der Waals surface area contributed by atoms with Crippen molar-refractivity contribution in [1.82, 2.24) is 19.8 Å². The quantitative estimate of drug-likeness (QED) is 0.667. The minimum Gasteiger partial charge on any atom is -0.492 e. The van der Waals surface area contributed by atoms with Gasteiger partial charge in [0.2, 0.25) is 0 Å². The van der Waals surface area contributed by atoms with Gasteiger partial charge in [0, 0.05) is 31.7 Å². The van der Waals surface area contributed by atoms with Crippen molar-refractivity contribution in [3.63, 3.8) is 0 Å². The van der Waals surface area contributed by atoms with Crippen molar-refractivity contribution in [2.45, 2.75) is 6.92 Å². The second-order valence-corrected chi connectivity index (χ2v) is 6.93. The Morgan fingerprint density at radius 1 is 1.21 bits per heavy atom. The lowest BCUT2D eigenvalue weighted by Gasteiger charge is -2.26. The molecule has 3 aromatic rings. The van der Waals surface area contributed by atoms with Crippen LogP contribution in [0.15, 0.2) is 48.8 Å². The summed E-state index contributed by atoms with van der Waals surface area (Å²) in [5, 5.41) is 3.00. The summed E-state index contributed by atoms with van der Waals surface area (Å²) in [5.41, 5.74) is 3.25. The molecule has 1 aromatic heterocycles. The van der Waals surface area contributed by atoms with E-state index in [0.717, 1.165) is 55.3 Å². The number of imidazole rings is 1. The molecule has 7 heteroatoms. The third-order valence-corrected chi connectivity index (χ3v) is 5.05. The van der Waals surface area contributed by atoms with Crippen molar-refractivity contribution < 1.29 is 14.3 Å². The van der Waals surface area contributed by atoms with E-state index >= 15 is 0 Å². The van der Waals surface area contributed by atoms with E-state index in [-0.39, 0.29) is 5.91 Å². The van der Waals surface area contributed by atoms with Crippen LogP contribution in [0.2, 0.25) is 0 Å². The van der Waals surface area contributed by atoms with Crippen molar-refractivity contribution in [3.05, 3.63) is 54.4 Å². The molecule has 2 aromatic carbocycles. The van der Waals surface area contributed by atoms with Crippen molar-refractivity contribution in [3.8, 4) is 11.4 Å². The number of morpholine rings is 1. The fourth-order valence-corrected chi connectivity index (χ4v) is 3.53. The Labute approximate surface area is 170 Å². The molecule has 0 atom stereocenters. The first-order chi connectivity index (χ1) is 14.3. The molecule has 1 fully saturated rings. The highest BCUT2D eigenvalue weighted by Crippen LogP contribution is 2.26. The van der Waals surface area contributed by atoms with Gasteiger partial charge in [-0.25, -0.2) is 4.98 Å². The number of benzene rings is 2. The van der Waals surface area contributed by atoms with Crippen LogP contribution in [0.1, 0.15) is 17.3 Å². The third kappa shape index (κ3) is 4.41. The molecule has 2 heterocycles. The van der Waals surface area contributed by atoms with Gasteiger partial charge in [-0.2, -0.15) is 0 Å². The van der Waals surface area contributed by atoms with Crippen molar-refractivity contribution in [1.29, 1.82) is 0 Å². The number of para-hydroxylation sites is 2. The number of amides is 1. The van der Waals surface area contributed by atoms with Crippen LogP contribution in [0.5, 0.6) is 5.75 Å². The van der Waals surface area contributed by atoms with Crippen LogP contribution in [0, 0.1) is 0 Å². The van der Waals surface area contributed by atoms with Crippen LogP contribution in [0.4, 0.5) is 0 Å². The molecule has 1 amide bonds. The number of carbonyl (C=O) groups excluding carboxylic acids is 1. The number of carbonyl (C=O) groups is 1. The largest absolute Gasteiger partial charge is 0.492 e. The molecule has 0 radical (unpaired) electrons. The van der Waals surface area contributed by atoms with Crippen molar-refractivity contribution in [2.24, 2.45) is 0 Å². The van der Waals surface area contributed by atoms with Gasteiger partial charge in [-0.3, -0.25) is 14.3 Å². The van der Waals surface area contributed by atoms with Gasteiger partial charge >= 0.3 is 0 Å². The fourth-order valence-electron chi connectivity index (χ4n) is 3.53. The summed E-state index contributed by atoms with van der Waals surface area (Å²) in [6.07, 6.45) is 1.77. The van der Waals surface area contributed by atoms with Crippen molar-refractivity contribution >= 4 is 16.9 Å². The number of rotatable bonds is 7. The summed E-state index contributed by atoms with van der Waals surface area (Å²) in [7, 11) is 0. The number of nitrogens with zero attached hydrogens (tertiary/aromatic N) is 3. The molecular weight excluding hydrogens is 368 g/mol. The molecule has 29 heavy (non-hydrogen) atoms. The van der Waals surface area contributed by atoms with Crippen LogP contribution in [0.25, 0.3) is 16.7 Å². The van der Waals surface area contributed by atoms with E-state index in [1.807, 2.05) is 54.0 Å². The maximum Gasteiger partial charge on any atom is 0.251 e. The highest BCUT2D eigenvalue weighted by Gasteiger charge is 2.14. The number of ether oxygens (including phenoxy) is 2. The third-order valence-electron chi connectivity index (χ3n) is 5.05. The fraction of sp³-hybridized carbons (Fsp3) is 0.364. The van der Waals surface area contributed by atoms with Crippen LogP contribution < -0.4 is 10.1 Å². The molecule has 0 unspecified atom stereocenters. The average molecular weight is 394 g/mol. The summed E-state index contributed by atoms with van der Waals surface area (Å²) < 4.78 is 13.1. The van der Waals surface area contributed by atoms with Crippen LogP contribution in [-0.4, -0.2) is 66.4 Å². The first kappa shape index (κ1) is 19.4. The SMILES string of the molecule is CCOc1ccccc1-n1cnc2cc(C(=O)NCCN3CCOCC3)ccc21. The molecule has 0 spiro atoms. The molecule has 1 aliphatic heterocycles. The van der Waals surface area contributed by atoms with E-state index < -0.39 is 0 Å². The molecule has 1 N–H and O–H groups in total. The van der Waals surface area contributed by atoms with E-state index in [1.165, 1.54) is 0 Å². The normalized spacial score (nSPS) is 14.8. The number of hydrogen-bond donors (Lipinski definition) is 1. The van der Waals surface area contributed by atoms with Gasteiger partial charge in [0.1, 0.15) is 12.1 Å². The summed E-state index contributed by atoms with van der Waals surface area (Å²) in [6, 6.07) is 13.5. The Hall–Kier alpha value is -2.90. The maximum atomic E-state index is 12.5. The van der Waals surface area contributed by atoms with E-state index in [0.29, 0.717) is 18.7 Å². The molecule has 1 saturated heterocycles. The summed E-state index contributed by atoms with van der Waals surface area (Å²) in [5.74, 6) is 0.726. The Bertz CT molecular complexity index is 979. The lowest BCUT2D eigenvalue weighted by molar-refractivity contribution is 0.0383. The Morgan fingerprint density at radius 2 is 2.03 bits per heavy atom. The average Bonchev–Trinajstić information content (AvgIpc) is 3.18. The van der Waals surface area contributed by atoms with E-state index in [9.17, 15) is 4.79 Å². The van der Waals surface area contributed by atoms with E-state index in [1.54, 1.807) is 6.33 Å². The molecule has 1 aliphatic rings. The highest BCUT2D eigenvalue weighted by molar-refractivity contribution is 5.97. The molecular formula is C22H26N4O3.